The molecule has 0 spiro atoms. The number of benzene rings is 1. The first-order chi connectivity index (χ1) is 13.2. The summed E-state index contributed by atoms with van der Waals surface area (Å²) < 4.78 is 1.98. The molecule has 0 saturated heterocycles. The average Bonchev–Trinajstić information content (AvgIpc) is 2.94. The molecular weight excluding hydrogens is 354 g/mol. The first-order valence-corrected chi connectivity index (χ1v) is 9.67. The van der Waals surface area contributed by atoms with Crippen molar-refractivity contribution < 1.29 is 9.59 Å². The van der Waals surface area contributed by atoms with Crippen LogP contribution < -0.4 is 16.0 Å². The van der Waals surface area contributed by atoms with Gasteiger partial charge < -0.3 is 16.0 Å². The Hall–Kier alpha value is -2.83. The van der Waals surface area contributed by atoms with Crippen LogP contribution in [-0.2, 0) is 13.1 Å². The van der Waals surface area contributed by atoms with Crippen LogP contribution in [0.15, 0.2) is 30.3 Å². The van der Waals surface area contributed by atoms with Crippen LogP contribution in [0.4, 0.5) is 4.79 Å². The summed E-state index contributed by atoms with van der Waals surface area (Å²) in [6.07, 6.45) is 0. The Morgan fingerprint density at radius 2 is 1.75 bits per heavy atom. The largest absolute Gasteiger partial charge is 0.352 e. The van der Waals surface area contributed by atoms with Gasteiger partial charge in [-0.3, -0.25) is 9.48 Å². The standard InChI is InChI=1S/C21H31N5O2/c1-14(2)24-21(28)23-12-18-6-8-19(9-7-18)20(27)22-11-15(3)13-26-17(5)10-16(4)25-26/h6-10,14-15H,11-13H2,1-5H3,(H,22,27)(H2,23,24,28). The van der Waals surface area contributed by atoms with Gasteiger partial charge in [-0.25, -0.2) is 4.79 Å². The molecule has 7 heteroatoms. The number of nitrogens with one attached hydrogen (secondary N) is 3. The molecule has 28 heavy (non-hydrogen) atoms. The van der Waals surface area contributed by atoms with Crippen molar-refractivity contribution in [1.82, 2.24) is 25.7 Å². The number of aromatic nitrogens is 2. The highest BCUT2D eigenvalue weighted by Gasteiger charge is 2.11. The van der Waals surface area contributed by atoms with Crippen molar-refractivity contribution in [3.8, 4) is 0 Å². The maximum Gasteiger partial charge on any atom is 0.315 e. The number of hydrogen-bond acceptors (Lipinski definition) is 3. The highest BCUT2D eigenvalue weighted by atomic mass is 16.2. The number of carbonyl (C=O) groups is 2. The number of aryl methyl sites for hydroxylation is 2. The van der Waals surface area contributed by atoms with Gasteiger partial charge in [0.05, 0.1) is 5.69 Å². The minimum Gasteiger partial charge on any atom is -0.352 e. The van der Waals surface area contributed by atoms with E-state index in [1.54, 1.807) is 12.1 Å². The molecule has 1 aromatic carbocycles. The summed E-state index contributed by atoms with van der Waals surface area (Å²) in [5.41, 5.74) is 3.68. The van der Waals surface area contributed by atoms with Crippen LogP contribution in [0.3, 0.4) is 0 Å². The van der Waals surface area contributed by atoms with Gasteiger partial charge in [0.15, 0.2) is 0 Å². The lowest BCUT2D eigenvalue weighted by Gasteiger charge is -2.14. The van der Waals surface area contributed by atoms with Crippen molar-refractivity contribution in [3.63, 3.8) is 0 Å². The predicted octanol–water partition coefficient (Wildman–Crippen LogP) is 2.77. The van der Waals surface area contributed by atoms with E-state index in [0.29, 0.717) is 18.7 Å². The van der Waals surface area contributed by atoms with E-state index in [0.717, 1.165) is 23.5 Å². The van der Waals surface area contributed by atoms with Crippen molar-refractivity contribution in [3.05, 3.63) is 52.8 Å². The monoisotopic (exact) mass is 385 g/mol. The summed E-state index contributed by atoms with van der Waals surface area (Å²) in [6, 6.07) is 9.20. The number of hydrogen-bond donors (Lipinski definition) is 3. The molecule has 3 amide bonds. The highest BCUT2D eigenvalue weighted by Crippen LogP contribution is 2.07. The molecule has 0 aliphatic heterocycles. The van der Waals surface area contributed by atoms with E-state index in [4.69, 9.17) is 0 Å². The Balaban J connectivity index is 1.79. The molecular formula is C21H31N5O2. The molecule has 0 aliphatic rings. The fourth-order valence-electron chi connectivity index (χ4n) is 2.86. The van der Waals surface area contributed by atoms with Crippen LogP contribution in [0.25, 0.3) is 0 Å². The molecule has 3 N–H and O–H groups in total. The molecule has 0 saturated carbocycles. The number of urea groups is 1. The van der Waals surface area contributed by atoms with Gasteiger partial charge in [0.2, 0.25) is 0 Å². The van der Waals surface area contributed by atoms with Gasteiger partial charge in [0.25, 0.3) is 5.91 Å². The fourth-order valence-corrected chi connectivity index (χ4v) is 2.86. The van der Waals surface area contributed by atoms with E-state index < -0.39 is 0 Å². The third kappa shape index (κ3) is 6.72. The molecule has 1 aromatic heterocycles. The lowest BCUT2D eigenvalue weighted by molar-refractivity contribution is 0.0946. The Kier molecular flexibility index (Phi) is 7.61. The van der Waals surface area contributed by atoms with Crippen molar-refractivity contribution in [1.29, 1.82) is 0 Å². The molecule has 0 aliphatic carbocycles. The van der Waals surface area contributed by atoms with E-state index in [-0.39, 0.29) is 23.9 Å². The van der Waals surface area contributed by atoms with E-state index in [2.05, 4.69) is 28.0 Å². The highest BCUT2D eigenvalue weighted by molar-refractivity contribution is 5.94. The molecule has 0 fully saturated rings. The molecule has 1 heterocycles. The van der Waals surface area contributed by atoms with Gasteiger partial charge in [-0.05, 0) is 57.4 Å². The molecule has 0 bridgehead atoms. The van der Waals surface area contributed by atoms with Crippen molar-refractivity contribution in [2.75, 3.05) is 6.54 Å². The van der Waals surface area contributed by atoms with Gasteiger partial charge in [-0.15, -0.1) is 0 Å². The summed E-state index contributed by atoms with van der Waals surface area (Å²) in [7, 11) is 0. The fraction of sp³-hybridized carbons (Fsp3) is 0.476. The van der Waals surface area contributed by atoms with Crippen LogP contribution in [0, 0.1) is 19.8 Å². The lowest BCUT2D eigenvalue weighted by Crippen LogP contribution is -2.39. The smallest absolute Gasteiger partial charge is 0.315 e. The minimum absolute atomic E-state index is 0.0923. The predicted molar refractivity (Wildman–Crippen MR) is 110 cm³/mol. The third-order valence-corrected chi connectivity index (χ3v) is 4.29. The van der Waals surface area contributed by atoms with Crippen molar-refractivity contribution in [2.45, 2.75) is 53.8 Å². The SMILES string of the molecule is Cc1cc(C)n(CC(C)CNC(=O)c2ccc(CNC(=O)NC(C)C)cc2)n1. The van der Waals surface area contributed by atoms with Crippen LogP contribution in [0.5, 0.6) is 0 Å². The van der Waals surface area contributed by atoms with Crippen LogP contribution in [0.2, 0.25) is 0 Å². The molecule has 2 aromatic rings. The lowest BCUT2D eigenvalue weighted by atomic mass is 10.1. The maximum absolute atomic E-state index is 12.4. The van der Waals surface area contributed by atoms with Crippen molar-refractivity contribution >= 4 is 11.9 Å². The van der Waals surface area contributed by atoms with Gasteiger partial charge in [0, 0.05) is 36.9 Å². The average molecular weight is 386 g/mol. The van der Waals surface area contributed by atoms with Gasteiger partial charge in [-0.2, -0.15) is 5.10 Å². The maximum atomic E-state index is 12.4. The zero-order valence-corrected chi connectivity index (χ0v) is 17.4. The minimum atomic E-state index is -0.201. The summed E-state index contributed by atoms with van der Waals surface area (Å²) >= 11 is 0. The number of rotatable bonds is 8. The first kappa shape index (κ1) is 21.5. The summed E-state index contributed by atoms with van der Waals surface area (Å²) in [6.45, 7) is 11.7. The second kappa shape index (κ2) is 9.92. The van der Waals surface area contributed by atoms with Gasteiger partial charge >= 0.3 is 6.03 Å². The van der Waals surface area contributed by atoms with E-state index in [9.17, 15) is 9.59 Å². The Bertz CT molecular complexity index is 796. The quantitative estimate of drug-likeness (QED) is 0.653. The van der Waals surface area contributed by atoms with Crippen molar-refractivity contribution in [2.24, 2.45) is 5.92 Å². The number of amides is 3. The topological polar surface area (TPSA) is 88.0 Å². The zero-order chi connectivity index (χ0) is 20.7. The van der Waals surface area contributed by atoms with Crippen LogP contribution in [0.1, 0.15) is 48.1 Å². The normalized spacial score (nSPS) is 11.9. The molecule has 1 unspecified atom stereocenters. The van der Waals surface area contributed by atoms with Crippen LogP contribution >= 0.6 is 0 Å². The number of carbonyl (C=O) groups excluding carboxylic acids is 2. The molecule has 7 nitrogen and oxygen atoms in total. The summed E-state index contributed by atoms with van der Waals surface area (Å²) in [5.74, 6) is 0.169. The first-order valence-electron chi connectivity index (χ1n) is 9.67. The Labute approximate surface area is 166 Å². The van der Waals surface area contributed by atoms with E-state index >= 15 is 0 Å². The van der Waals surface area contributed by atoms with E-state index in [1.807, 2.05) is 50.6 Å². The molecule has 2 rings (SSSR count). The zero-order valence-electron chi connectivity index (χ0n) is 17.4. The summed E-state index contributed by atoms with van der Waals surface area (Å²) in [4.78, 5) is 24.0. The molecule has 0 radical (unpaired) electrons. The van der Waals surface area contributed by atoms with Crippen LogP contribution in [-0.4, -0.2) is 34.3 Å². The Morgan fingerprint density at radius 1 is 1.07 bits per heavy atom. The molecule has 152 valence electrons. The van der Waals surface area contributed by atoms with E-state index in [1.165, 1.54) is 0 Å². The van der Waals surface area contributed by atoms with Gasteiger partial charge in [0.1, 0.15) is 0 Å². The second-order valence-corrected chi connectivity index (χ2v) is 7.60. The third-order valence-electron chi connectivity index (χ3n) is 4.29. The second-order valence-electron chi connectivity index (χ2n) is 7.60. The molecule has 1 atom stereocenters. The summed E-state index contributed by atoms with van der Waals surface area (Å²) in [5, 5.41) is 13.0. The Morgan fingerprint density at radius 3 is 2.32 bits per heavy atom. The van der Waals surface area contributed by atoms with Gasteiger partial charge in [-0.1, -0.05) is 19.1 Å². The number of nitrogens with zero attached hydrogens (tertiary/aromatic N) is 2.